The average Bonchev–Trinajstić information content (AvgIpc) is 2.72. The molecule has 160 valence electrons. The molecule has 0 aliphatic carbocycles. The normalized spacial score (nSPS) is 21.1. The Morgan fingerprint density at radius 2 is 1.77 bits per heavy atom. The summed E-state index contributed by atoms with van der Waals surface area (Å²) in [5.41, 5.74) is 1.92. The number of halogens is 1. The van der Waals surface area contributed by atoms with Crippen LogP contribution in [0.3, 0.4) is 0 Å². The van der Waals surface area contributed by atoms with Crippen molar-refractivity contribution in [3.05, 3.63) is 58.3 Å². The lowest BCUT2D eigenvalue weighted by molar-refractivity contribution is -0.163. The molecule has 1 N–H and O–H groups in total. The van der Waals surface area contributed by atoms with Crippen LogP contribution in [-0.2, 0) is 16.0 Å². The van der Waals surface area contributed by atoms with E-state index in [4.69, 9.17) is 21.1 Å². The van der Waals surface area contributed by atoms with Gasteiger partial charge in [0.25, 0.3) is 0 Å². The fraction of sp³-hybridized carbons (Fsp3) is 0.400. The molecule has 1 heterocycles. The minimum absolute atomic E-state index is 0.0267. The Kier molecular flexibility index (Phi) is 6.03. The van der Waals surface area contributed by atoms with Gasteiger partial charge in [0.05, 0.1) is 12.7 Å². The number of aryl methyl sites for hydroxylation is 1. The zero-order valence-electron chi connectivity index (χ0n) is 18.4. The Morgan fingerprint density at radius 1 is 1.07 bits per heavy atom. The summed E-state index contributed by atoms with van der Waals surface area (Å²) in [5.74, 6) is 0.504. The van der Waals surface area contributed by atoms with E-state index in [1.807, 2.05) is 44.2 Å². The molecule has 30 heavy (non-hydrogen) atoms. The highest BCUT2D eigenvalue weighted by atomic mass is 35.5. The van der Waals surface area contributed by atoms with Crippen molar-refractivity contribution in [2.75, 3.05) is 7.11 Å². The third-order valence-corrected chi connectivity index (χ3v) is 6.13. The van der Waals surface area contributed by atoms with E-state index in [2.05, 4.69) is 0 Å². The van der Waals surface area contributed by atoms with E-state index in [9.17, 15) is 9.90 Å². The molecule has 5 heteroatoms. The maximum Gasteiger partial charge on any atom is 0.198 e. The van der Waals surface area contributed by atoms with Crippen LogP contribution in [0.2, 0.25) is 5.02 Å². The predicted octanol–water partition coefficient (Wildman–Crippen LogP) is 6.39. The van der Waals surface area contributed by atoms with Crippen molar-refractivity contribution in [1.29, 1.82) is 0 Å². The zero-order chi connectivity index (χ0) is 22.3. The van der Waals surface area contributed by atoms with Crippen LogP contribution in [-0.4, -0.2) is 29.2 Å². The maximum atomic E-state index is 13.4. The highest BCUT2D eigenvalue weighted by Crippen LogP contribution is 2.43. The summed E-state index contributed by atoms with van der Waals surface area (Å²) in [4.78, 5) is 13.4. The zero-order valence-corrected chi connectivity index (χ0v) is 19.2. The molecule has 1 aliphatic rings. The van der Waals surface area contributed by atoms with Gasteiger partial charge in [-0.05, 0) is 68.5 Å². The molecule has 0 aromatic heterocycles. The fourth-order valence-corrected chi connectivity index (χ4v) is 4.19. The number of hydrogen-bond acceptors (Lipinski definition) is 4. The number of benzene rings is 2. The Balaban J connectivity index is 2.21. The van der Waals surface area contributed by atoms with Gasteiger partial charge in [-0.25, -0.2) is 0 Å². The molecular weight excluding hydrogens is 400 g/mol. The van der Waals surface area contributed by atoms with E-state index in [0.29, 0.717) is 23.4 Å². The van der Waals surface area contributed by atoms with Gasteiger partial charge in [-0.2, -0.15) is 0 Å². The van der Waals surface area contributed by atoms with Crippen LogP contribution in [0.15, 0.2) is 42.2 Å². The molecule has 0 amide bonds. The highest BCUT2D eigenvalue weighted by molar-refractivity contribution is 6.31. The summed E-state index contributed by atoms with van der Waals surface area (Å²) < 4.78 is 11.5. The van der Waals surface area contributed by atoms with Gasteiger partial charge in [0.1, 0.15) is 22.7 Å². The second-order valence-electron chi connectivity index (χ2n) is 8.32. The van der Waals surface area contributed by atoms with Crippen LogP contribution in [0.4, 0.5) is 0 Å². The van der Waals surface area contributed by atoms with Gasteiger partial charge in [-0.3, -0.25) is 4.79 Å². The van der Waals surface area contributed by atoms with Crippen LogP contribution < -0.4 is 4.74 Å². The molecule has 3 rings (SSSR count). The molecule has 0 radical (unpaired) electrons. The molecule has 1 atom stereocenters. The quantitative estimate of drug-likeness (QED) is 0.599. The number of aliphatic hydroxyl groups is 1. The lowest BCUT2D eigenvalue weighted by atomic mass is 9.79. The molecule has 2 aromatic carbocycles. The van der Waals surface area contributed by atoms with Gasteiger partial charge < -0.3 is 14.6 Å². The first-order chi connectivity index (χ1) is 14.1. The molecule has 2 aromatic rings. The molecule has 0 fully saturated rings. The first-order valence-corrected chi connectivity index (χ1v) is 10.6. The van der Waals surface area contributed by atoms with Crippen molar-refractivity contribution >= 4 is 23.0 Å². The second-order valence-corrected chi connectivity index (χ2v) is 8.76. The van der Waals surface area contributed by atoms with Crippen LogP contribution in [0.1, 0.15) is 52.2 Å². The third-order valence-electron chi connectivity index (χ3n) is 5.90. The van der Waals surface area contributed by atoms with Crippen molar-refractivity contribution in [1.82, 2.24) is 0 Å². The standard InChI is InChI=1S/C25H29ClO4/c1-7-15-13-16(19-14-17(26)10-12-20(19)29-6)9-11-18(15)21-22(27)24(3,4)30-25(5,8-2)23(21)28/h9-14,27H,7-8H2,1-6H3. The lowest BCUT2D eigenvalue weighted by Crippen LogP contribution is -2.51. The Labute approximate surface area is 183 Å². The van der Waals surface area contributed by atoms with Crippen LogP contribution in [0, 0.1) is 0 Å². The van der Waals surface area contributed by atoms with Gasteiger partial charge in [0.15, 0.2) is 5.78 Å². The molecule has 1 unspecified atom stereocenters. The topological polar surface area (TPSA) is 55.8 Å². The number of ketones is 1. The SMILES string of the molecule is CCc1cc(-c2cc(Cl)ccc2OC)ccc1C1=C(O)C(C)(C)OC(C)(CC)C1=O. The van der Waals surface area contributed by atoms with E-state index in [1.54, 1.807) is 33.9 Å². The first-order valence-electron chi connectivity index (χ1n) is 10.2. The van der Waals surface area contributed by atoms with E-state index >= 15 is 0 Å². The van der Waals surface area contributed by atoms with Crippen molar-refractivity contribution in [2.24, 2.45) is 0 Å². The van der Waals surface area contributed by atoms with Crippen LogP contribution >= 0.6 is 11.6 Å². The molecule has 0 bridgehead atoms. The lowest BCUT2D eigenvalue weighted by Gasteiger charge is -2.42. The Hall–Kier alpha value is -2.30. The van der Waals surface area contributed by atoms with Crippen molar-refractivity contribution in [2.45, 2.75) is 58.7 Å². The van der Waals surface area contributed by atoms with Gasteiger partial charge in [-0.1, -0.05) is 43.6 Å². The Morgan fingerprint density at radius 3 is 2.37 bits per heavy atom. The van der Waals surface area contributed by atoms with E-state index < -0.39 is 11.2 Å². The number of ether oxygens (including phenoxy) is 2. The number of methoxy groups -OCH3 is 1. The number of carbonyl (C=O) groups is 1. The van der Waals surface area contributed by atoms with Crippen molar-refractivity contribution in [3.8, 4) is 16.9 Å². The number of rotatable bonds is 5. The minimum Gasteiger partial charge on any atom is -0.508 e. The summed E-state index contributed by atoms with van der Waals surface area (Å²) in [6, 6.07) is 11.3. The fourth-order valence-electron chi connectivity index (χ4n) is 4.02. The summed E-state index contributed by atoms with van der Waals surface area (Å²) >= 11 is 6.21. The molecule has 0 spiro atoms. The van der Waals surface area contributed by atoms with E-state index in [1.165, 1.54) is 0 Å². The minimum atomic E-state index is -0.981. The largest absolute Gasteiger partial charge is 0.508 e. The maximum absolute atomic E-state index is 13.4. The molecule has 1 aliphatic heterocycles. The van der Waals surface area contributed by atoms with Crippen molar-refractivity contribution in [3.63, 3.8) is 0 Å². The van der Waals surface area contributed by atoms with E-state index in [0.717, 1.165) is 28.0 Å². The molecule has 0 saturated carbocycles. The van der Waals surface area contributed by atoms with Crippen LogP contribution in [0.5, 0.6) is 5.75 Å². The van der Waals surface area contributed by atoms with Crippen LogP contribution in [0.25, 0.3) is 16.7 Å². The first kappa shape index (κ1) is 22.4. The number of hydrogen-bond donors (Lipinski definition) is 1. The van der Waals surface area contributed by atoms with Gasteiger partial charge in [-0.15, -0.1) is 0 Å². The number of carbonyl (C=O) groups excluding carboxylic acids is 1. The smallest absolute Gasteiger partial charge is 0.198 e. The predicted molar refractivity (Wildman–Crippen MR) is 121 cm³/mol. The molecular formula is C25H29ClO4. The highest BCUT2D eigenvalue weighted by Gasteiger charge is 2.48. The van der Waals surface area contributed by atoms with Crippen molar-refractivity contribution < 1.29 is 19.4 Å². The number of Topliss-reactive ketones (excluding diaryl/α,β-unsaturated/α-hetero) is 1. The second kappa shape index (κ2) is 8.09. The summed E-state index contributed by atoms with van der Waals surface area (Å²) in [7, 11) is 1.62. The van der Waals surface area contributed by atoms with Gasteiger partial charge in [0.2, 0.25) is 0 Å². The number of aliphatic hydroxyl groups excluding tert-OH is 1. The van der Waals surface area contributed by atoms with E-state index in [-0.39, 0.29) is 11.5 Å². The summed E-state index contributed by atoms with van der Waals surface area (Å²) in [5, 5.41) is 11.6. The van der Waals surface area contributed by atoms with Gasteiger partial charge in [0, 0.05) is 10.6 Å². The summed E-state index contributed by atoms with van der Waals surface area (Å²) in [6.07, 6.45) is 1.21. The monoisotopic (exact) mass is 428 g/mol. The average molecular weight is 429 g/mol. The summed E-state index contributed by atoms with van der Waals surface area (Å²) in [6.45, 7) is 9.33. The molecule has 0 saturated heterocycles. The Bertz CT molecular complexity index is 1020. The van der Waals surface area contributed by atoms with Gasteiger partial charge >= 0.3 is 0 Å². The third kappa shape index (κ3) is 3.75. The molecule has 4 nitrogen and oxygen atoms in total.